The summed E-state index contributed by atoms with van der Waals surface area (Å²) in [7, 11) is 1.85. The molecule has 90 valence electrons. The number of furan rings is 1. The van der Waals surface area contributed by atoms with Crippen molar-refractivity contribution >= 4 is 17.3 Å². The van der Waals surface area contributed by atoms with Crippen molar-refractivity contribution in [1.29, 1.82) is 0 Å². The van der Waals surface area contributed by atoms with Gasteiger partial charge >= 0.3 is 0 Å². The van der Waals surface area contributed by atoms with Crippen molar-refractivity contribution in [2.24, 2.45) is 7.05 Å². The first kappa shape index (κ1) is 10.7. The molecule has 0 fully saturated rings. The summed E-state index contributed by atoms with van der Waals surface area (Å²) in [5.74, 6) is 1.28. The van der Waals surface area contributed by atoms with Crippen LogP contribution in [0.3, 0.4) is 0 Å². The zero-order valence-corrected chi connectivity index (χ0v) is 10.0. The smallest absolute Gasteiger partial charge is 0.153 e. The summed E-state index contributed by atoms with van der Waals surface area (Å²) in [6.45, 7) is 1.82. The lowest BCUT2D eigenvalue weighted by Gasteiger charge is -2.02. The molecule has 0 spiro atoms. The predicted octanol–water partition coefficient (Wildman–Crippen LogP) is 2.35. The number of aromatic nitrogens is 3. The van der Waals surface area contributed by atoms with Crippen LogP contribution in [0.4, 0.5) is 0 Å². The molecule has 0 aliphatic heterocycles. The van der Waals surface area contributed by atoms with Crippen molar-refractivity contribution in [2.45, 2.75) is 6.92 Å². The van der Waals surface area contributed by atoms with Crippen LogP contribution < -0.4 is 0 Å². The number of hydrogen-bond acceptors (Lipinski definition) is 4. The van der Waals surface area contributed by atoms with Gasteiger partial charge in [-0.1, -0.05) is 0 Å². The van der Waals surface area contributed by atoms with Crippen LogP contribution >= 0.6 is 0 Å². The standard InChI is InChI=1S/C13H11N3O2/c1-8-14-12(10-4-3-5-18-10)11-9(7-17)6-16(2)13(11)15-8/h3-7H,1-2H3. The predicted molar refractivity (Wildman–Crippen MR) is 66.3 cm³/mol. The molecular weight excluding hydrogens is 230 g/mol. The van der Waals surface area contributed by atoms with Gasteiger partial charge in [-0.3, -0.25) is 4.79 Å². The molecule has 5 nitrogen and oxygen atoms in total. The van der Waals surface area contributed by atoms with Gasteiger partial charge in [0, 0.05) is 18.8 Å². The molecule has 0 atom stereocenters. The quantitative estimate of drug-likeness (QED) is 0.646. The molecule has 0 aliphatic carbocycles. The van der Waals surface area contributed by atoms with Gasteiger partial charge in [-0.25, -0.2) is 9.97 Å². The van der Waals surface area contributed by atoms with Crippen molar-refractivity contribution in [2.75, 3.05) is 0 Å². The number of aryl methyl sites for hydroxylation is 2. The first-order valence-corrected chi connectivity index (χ1v) is 5.53. The Kier molecular flexibility index (Phi) is 2.26. The lowest BCUT2D eigenvalue weighted by Crippen LogP contribution is -1.96. The van der Waals surface area contributed by atoms with Gasteiger partial charge in [0.1, 0.15) is 17.2 Å². The molecule has 0 N–H and O–H groups in total. The maximum atomic E-state index is 11.1. The van der Waals surface area contributed by atoms with E-state index in [-0.39, 0.29) is 0 Å². The zero-order chi connectivity index (χ0) is 12.7. The third kappa shape index (κ3) is 1.44. The summed E-state index contributed by atoms with van der Waals surface area (Å²) < 4.78 is 7.20. The highest BCUT2D eigenvalue weighted by Crippen LogP contribution is 2.29. The van der Waals surface area contributed by atoms with Crippen LogP contribution in [0, 0.1) is 6.92 Å². The second-order valence-corrected chi connectivity index (χ2v) is 4.11. The van der Waals surface area contributed by atoms with Gasteiger partial charge < -0.3 is 8.98 Å². The van der Waals surface area contributed by atoms with Crippen molar-refractivity contribution in [1.82, 2.24) is 14.5 Å². The third-order valence-electron chi connectivity index (χ3n) is 2.84. The molecule has 5 heteroatoms. The number of carbonyl (C=O) groups is 1. The highest BCUT2D eigenvalue weighted by molar-refractivity contribution is 6.02. The van der Waals surface area contributed by atoms with Gasteiger partial charge in [-0.15, -0.1) is 0 Å². The Morgan fingerprint density at radius 3 is 2.89 bits per heavy atom. The van der Waals surface area contributed by atoms with E-state index in [1.54, 1.807) is 18.5 Å². The maximum absolute atomic E-state index is 11.1. The Morgan fingerprint density at radius 2 is 2.22 bits per heavy atom. The summed E-state index contributed by atoms with van der Waals surface area (Å²) in [6, 6.07) is 3.62. The molecule has 0 amide bonds. The van der Waals surface area contributed by atoms with Gasteiger partial charge in [0.25, 0.3) is 0 Å². The van der Waals surface area contributed by atoms with Crippen LogP contribution in [0.1, 0.15) is 16.2 Å². The topological polar surface area (TPSA) is 60.9 Å². The van der Waals surface area contributed by atoms with Gasteiger partial charge in [0.05, 0.1) is 11.6 Å². The molecule has 0 aromatic carbocycles. The average Bonchev–Trinajstić information content (AvgIpc) is 2.97. The first-order valence-electron chi connectivity index (χ1n) is 5.53. The minimum atomic E-state index is 0.568. The second kappa shape index (κ2) is 3.80. The minimum absolute atomic E-state index is 0.568. The van der Waals surface area contributed by atoms with E-state index in [1.165, 1.54) is 0 Å². The summed E-state index contributed by atoms with van der Waals surface area (Å²) >= 11 is 0. The van der Waals surface area contributed by atoms with E-state index in [2.05, 4.69) is 9.97 Å². The first-order chi connectivity index (χ1) is 8.70. The molecule has 3 aromatic rings. The number of fused-ring (bicyclic) bond motifs is 1. The van der Waals surface area contributed by atoms with Crippen LogP contribution in [-0.2, 0) is 7.05 Å². The highest BCUT2D eigenvalue weighted by Gasteiger charge is 2.17. The summed E-state index contributed by atoms with van der Waals surface area (Å²) in [5.41, 5.74) is 1.96. The van der Waals surface area contributed by atoms with E-state index in [9.17, 15) is 4.79 Å². The van der Waals surface area contributed by atoms with Crippen molar-refractivity contribution < 1.29 is 9.21 Å². The Bertz CT molecular complexity index is 726. The Morgan fingerprint density at radius 1 is 1.39 bits per heavy atom. The fourth-order valence-electron chi connectivity index (χ4n) is 2.09. The minimum Gasteiger partial charge on any atom is -0.463 e. The molecule has 0 saturated heterocycles. The summed E-state index contributed by atoms with van der Waals surface area (Å²) in [4.78, 5) is 19.9. The Labute approximate surface area is 103 Å². The number of carbonyl (C=O) groups excluding carboxylic acids is 1. The summed E-state index contributed by atoms with van der Waals surface area (Å²) in [5, 5.41) is 0.730. The monoisotopic (exact) mass is 241 g/mol. The molecule has 0 aliphatic rings. The van der Waals surface area contributed by atoms with Crippen molar-refractivity contribution in [3.05, 3.63) is 36.0 Å². The third-order valence-corrected chi connectivity index (χ3v) is 2.84. The maximum Gasteiger partial charge on any atom is 0.153 e. The van der Waals surface area contributed by atoms with E-state index in [4.69, 9.17) is 4.42 Å². The molecule has 3 heterocycles. The average molecular weight is 241 g/mol. The normalized spacial score (nSPS) is 11.0. The number of hydrogen-bond donors (Lipinski definition) is 0. The Hall–Kier alpha value is -2.43. The van der Waals surface area contributed by atoms with E-state index in [0.717, 1.165) is 17.3 Å². The fraction of sp³-hybridized carbons (Fsp3) is 0.154. The van der Waals surface area contributed by atoms with E-state index < -0.39 is 0 Å². The van der Waals surface area contributed by atoms with Crippen LogP contribution in [-0.4, -0.2) is 20.8 Å². The zero-order valence-electron chi connectivity index (χ0n) is 10.0. The van der Waals surface area contributed by atoms with Crippen LogP contribution in [0.2, 0.25) is 0 Å². The molecule has 3 aromatic heterocycles. The largest absolute Gasteiger partial charge is 0.463 e. The molecule has 0 saturated carbocycles. The van der Waals surface area contributed by atoms with Crippen molar-refractivity contribution in [3.63, 3.8) is 0 Å². The Balaban J connectivity index is 2.46. The van der Waals surface area contributed by atoms with Crippen LogP contribution in [0.25, 0.3) is 22.5 Å². The fourth-order valence-corrected chi connectivity index (χ4v) is 2.09. The van der Waals surface area contributed by atoms with Crippen LogP contribution in [0.5, 0.6) is 0 Å². The van der Waals surface area contributed by atoms with E-state index in [0.29, 0.717) is 22.8 Å². The lowest BCUT2D eigenvalue weighted by molar-refractivity contribution is 0.112. The van der Waals surface area contributed by atoms with Crippen molar-refractivity contribution in [3.8, 4) is 11.5 Å². The second-order valence-electron chi connectivity index (χ2n) is 4.11. The van der Waals surface area contributed by atoms with E-state index >= 15 is 0 Å². The molecule has 0 bridgehead atoms. The van der Waals surface area contributed by atoms with Gasteiger partial charge in [-0.2, -0.15) is 0 Å². The molecule has 18 heavy (non-hydrogen) atoms. The van der Waals surface area contributed by atoms with Gasteiger partial charge in [-0.05, 0) is 19.1 Å². The molecular formula is C13H11N3O2. The van der Waals surface area contributed by atoms with Crippen LogP contribution in [0.15, 0.2) is 29.0 Å². The number of aldehydes is 1. The van der Waals surface area contributed by atoms with E-state index in [1.807, 2.05) is 24.6 Å². The molecule has 0 radical (unpaired) electrons. The molecule has 3 rings (SSSR count). The van der Waals surface area contributed by atoms with Gasteiger partial charge in [0.15, 0.2) is 12.0 Å². The number of nitrogens with zero attached hydrogens (tertiary/aromatic N) is 3. The summed E-state index contributed by atoms with van der Waals surface area (Å²) in [6.07, 6.45) is 4.15. The SMILES string of the molecule is Cc1nc(-c2ccco2)c2c(C=O)cn(C)c2n1. The lowest BCUT2D eigenvalue weighted by atomic mass is 10.1. The number of rotatable bonds is 2. The molecule has 0 unspecified atom stereocenters. The highest BCUT2D eigenvalue weighted by atomic mass is 16.3. The van der Waals surface area contributed by atoms with Gasteiger partial charge in [0.2, 0.25) is 0 Å².